The molecule has 3 aromatic carbocycles. The van der Waals surface area contributed by atoms with Crippen LogP contribution < -0.4 is 20.1 Å². The molecule has 0 aliphatic heterocycles. The summed E-state index contributed by atoms with van der Waals surface area (Å²) in [4.78, 5) is 26.6. The van der Waals surface area contributed by atoms with Gasteiger partial charge in [-0.25, -0.2) is 0 Å². The van der Waals surface area contributed by atoms with Gasteiger partial charge in [0.05, 0.1) is 25.0 Å². The Kier molecular flexibility index (Phi) is 8.92. The molecular weight excluding hydrogens is 530 g/mol. The maximum Gasteiger partial charge on any atom is 0.255 e. The number of hydrogen-bond acceptors (Lipinski definition) is 7. The second-order valence-electron chi connectivity index (χ2n) is 8.63. The SMILES string of the molecule is COc1ccc(C(=O)Nc2cccc(SC(C)C(=O)Nc3scc(-c4ccc(C)cc4)c3C#N)c2)cc1OC. The fourth-order valence-electron chi connectivity index (χ4n) is 3.81. The molecule has 0 saturated heterocycles. The number of amides is 2. The van der Waals surface area contributed by atoms with Crippen molar-refractivity contribution < 1.29 is 19.1 Å². The summed E-state index contributed by atoms with van der Waals surface area (Å²) >= 11 is 2.69. The van der Waals surface area contributed by atoms with Gasteiger partial charge in [-0.15, -0.1) is 23.1 Å². The third-order valence-electron chi connectivity index (χ3n) is 5.92. The Balaban J connectivity index is 1.42. The molecule has 2 N–H and O–H groups in total. The van der Waals surface area contributed by atoms with E-state index in [0.29, 0.717) is 33.3 Å². The van der Waals surface area contributed by atoms with Crippen LogP contribution in [0.5, 0.6) is 11.5 Å². The zero-order valence-electron chi connectivity index (χ0n) is 21.9. The summed E-state index contributed by atoms with van der Waals surface area (Å²) in [5.41, 5.74) is 4.35. The smallest absolute Gasteiger partial charge is 0.255 e. The normalized spacial score (nSPS) is 11.3. The molecule has 0 saturated carbocycles. The number of rotatable bonds is 9. The van der Waals surface area contributed by atoms with E-state index in [1.807, 2.05) is 54.8 Å². The molecule has 0 radical (unpaired) electrons. The number of nitrogens with one attached hydrogen (secondary N) is 2. The molecule has 1 heterocycles. The van der Waals surface area contributed by atoms with E-state index >= 15 is 0 Å². The van der Waals surface area contributed by atoms with Crippen LogP contribution in [0.2, 0.25) is 0 Å². The van der Waals surface area contributed by atoms with Crippen LogP contribution in [0, 0.1) is 18.3 Å². The van der Waals surface area contributed by atoms with Crippen molar-refractivity contribution in [2.75, 3.05) is 24.9 Å². The highest BCUT2D eigenvalue weighted by Crippen LogP contribution is 2.36. The van der Waals surface area contributed by atoms with E-state index in [1.165, 1.54) is 37.3 Å². The van der Waals surface area contributed by atoms with Crippen molar-refractivity contribution in [2.24, 2.45) is 0 Å². The first-order valence-corrected chi connectivity index (χ1v) is 13.8. The molecule has 0 fully saturated rings. The molecular formula is C30H27N3O4S2. The molecule has 1 aromatic heterocycles. The van der Waals surface area contributed by atoms with E-state index in [4.69, 9.17) is 9.47 Å². The largest absolute Gasteiger partial charge is 0.493 e. The lowest BCUT2D eigenvalue weighted by atomic mass is 10.0. The number of carbonyl (C=O) groups is 2. The average molecular weight is 558 g/mol. The number of nitrogens with zero attached hydrogens (tertiary/aromatic N) is 1. The van der Waals surface area contributed by atoms with Crippen LogP contribution in [-0.4, -0.2) is 31.3 Å². The van der Waals surface area contributed by atoms with Gasteiger partial charge in [0.1, 0.15) is 11.1 Å². The van der Waals surface area contributed by atoms with E-state index in [1.54, 1.807) is 31.2 Å². The van der Waals surface area contributed by atoms with Gasteiger partial charge in [-0.05, 0) is 55.8 Å². The van der Waals surface area contributed by atoms with Gasteiger partial charge in [0.2, 0.25) is 5.91 Å². The first kappa shape index (κ1) is 27.8. The van der Waals surface area contributed by atoms with Gasteiger partial charge in [-0.1, -0.05) is 35.9 Å². The molecule has 39 heavy (non-hydrogen) atoms. The van der Waals surface area contributed by atoms with E-state index in [2.05, 4.69) is 16.7 Å². The van der Waals surface area contributed by atoms with Crippen molar-refractivity contribution >= 4 is 45.6 Å². The van der Waals surface area contributed by atoms with Crippen molar-refractivity contribution in [2.45, 2.75) is 24.0 Å². The number of methoxy groups -OCH3 is 2. The number of hydrogen-bond donors (Lipinski definition) is 2. The second-order valence-corrected chi connectivity index (χ2v) is 10.9. The maximum absolute atomic E-state index is 13.0. The standard InChI is InChI=1S/C30H27N3O4S2/c1-18-8-10-20(11-9-18)25-17-38-30(24(25)16-31)33-28(34)19(2)39-23-7-5-6-22(15-23)32-29(35)21-12-13-26(36-3)27(14-21)37-4/h5-15,17,19H,1-4H3,(H,32,35)(H,33,34). The first-order chi connectivity index (χ1) is 18.8. The molecule has 4 aromatic rings. The fraction of sp³-hybridized carbons (Fsp3) is 0.167. The number of benzene rings is 3. The highest BCUT2D eigenvalue weighted by atomic mass is 32.2. The molecule has 7 nitrogen and oxygen atoms in total. The predicted molar refractivity (Wildman–Crippen MR) is 157 cm³/mol. The van der Waals surface area contributed by atoms with E-state index in [9.17, 15) is 14.9 Å². The van der Waals surface area contributed by atoms with Gasteiger partial charge in [0, 0.05) is 27.1 Å². The number of thiophene rings is 1. The monoisotopic (exact) mass is 557 g/mol. The van der Waals surface area contributed by atoms with Crippen LogP contribution in [0.15, 0.2) is 77.0 Å². The molecule has 0 bridgehead atoms. The van der Waals surface area contributed by atoms with E-state index in [0.717, 1.165) is 21.6 Å². The van der Waals surface area contributed by atoms with Gasteiger partial charge in [-0.2, -0.15) is 5.26 Å². The Morgan fingerprint density at radius 1 is 0.974 bits per heavy atom. The predicted octanol–water partition coefficient (Wildman–Crippen LogP) is 6.98. The first-order valence-electron chi connectivity index (χ1n) is 12.0. The average Bonchev–Trinajstić information content (AvgIpc) is 3.35. The number of ether oxygens (including phenoxy) is 2. The Labute approximate surface area is 235 Å². The van der Waals surface area contributed by atoms with Crippen molar-refractivity contribution in [1.29, 1.82) is 5.26 Å². The summed E-state index contributed by atoms with van der Waals surface area (Å²) in [7, 11) is 3.05. The number of aryl methyl sites for hydroxylation is 1. The number of carbonyl (C=O) groups excluding carboxylic acids is 2. The lowest BCUT2D eigenvalue weighted by molar-refractivity contribution is -0.115. The molecule has 4 rings (SSSR count). The molecule has 0 spiro atoms. The molecule has 198 valence electrons. The van der Waals surface area contributed by atoms with Crippen LogP contribution in [0.25, 0.3) is 11.1 Å². The van der Waals surface area contributed by atoms with Crippen molar-refractivity contribution in [3.05, 3.63) is 88.8 Å². The molecule has 0 aliphatic carbocycles. The molecule has 1 atom stereocenters. The number of anilines is 2. The van der Waals surface area contributed by atoms with Gasteiger partial charge in [0.15, 0.2) is 11.5 Å². The van der Waals surface area contributed by atoms with Crippen molar-refractivity contribution in [3.8, 4) is 28.7 Å². The van der Waals surface area contributed by atoms with E-state index < -0.39 is 5.25 Å². The summed E-state index contributed by atoms with van der Waals surface area (Å²) in [6.07, 6.45) is 0. The zero-order chi connectivity index (χ0) is 27.9. The van der Waals surface area contributed by atoms with E-state index in [-0.39, 0.29) is 11.8 Å². The Bertz CT molecular complexity index is 1540. The maximum atomic E-state index is 13.0. The summed E-state index contributed by atoms with van der Waals surface area (Å²) in [6.45, 7) is 3.81. The van der Waals surface area contributed by atoms with Gasteiger partial charge < -0.3 is 20.1 Å². The molecule has 2 amide bonds. The zero-order valence-corrected chi connectivity index (χ0v) is 23.5. The third kappa shape index (κ3) is 6.60. The quantitative estimate of drug-likeness (QED) is 0.215. The molecule has 1 unspecified atom stereocenters. The Hall–Kier alpha value is -4.26. The lowest BCUT2D eigenvalue weighted by Gasteiger charge is -2.13. The Morgan fingerprint density at radius 2 is 1.72 bits per heavy atom. The highest BCUT2D eigenvalue weighted by Gasteiger charge is 2.20. The van der Waals surface area contributed by atoms with Crippen LogP contribution in [0.4, 0.5) is 10.7 Å². The molecule has 0 aliphatic rings. The minimum atomic E-state index is -0.446. The van der Waals surface area contributed by atoms with Crippen LogP contribution in [0.1, 0.15) is 28.4 Å². The summed E-state index contributed by atoms with van der Waals surface area (Å²) in [6, 6.07) is 22.4. The third-order valence-corrected chi connectivity index (χ3v) is 7.91. The highest BCUT2D eigenvalue weighted by molar-refractivity contribution is 8.00. The van der Waals surface area contributed by atoms with Crippen LogP contribution in [-0.2, 0) is 4.79 Å². The van der Waals surface area contributed by atoms with Crippen molar-refractivity contribution in [3.63, 3.8) is 0 Å². The topological polar surface area (TPSA) is 100 Å². The lowest BCUT2D eigenvalue weighted by Crippen LogP contribution is -2.22. The van der Waals surface area contributed by atoms with Gasteiger partial charge in [0.25, 0.3) is 5.91 Å². The van der Waals surface area contributed by atoms with Crippen molar-refractivity contribution in [1.82, 2.24) is 0 Å². The van der Waals surface area contributed by atoms with Crippen LogP contribution in [0.3, 0.4) is 0 Å². The van der Waals surface area contributed by atoms with Gasteiger partial charge in [-0.3, -0.25) is 9.59 Å². The molecule has 9 heteroatoms. The number of thioether (sulfide) groups is 1. The minimum absolute atomic E-state index is 0.214. The van der Waals surface area contributed by atoms with Crippen LogP contribution >= 0.6 is 23.1 Å². The number of nitriles is 1. The Morgan fingerprint density at radius 3 is 2.41 bits per heavy atom. The van der Waals surface area contributed by atoms with Gasteiger partial charge >= 0.3 is 0 Å². The summed E-state index contributed by atoms with van der Waals surface area (Å²) in [5.74, 6) is 0.490. The summed E-state index contributed by atoms with van der Waals surface area (Å²) < 4.78 is 10.5. The summed E-state index contributed by atoms with van der Waals surface area (Å²) in [5, 5.41) is 17.6. The minimum Gasteiger partial charge on any atom is -0.493 e. The second kappa shape index (κ2) is 12.5. The fourth-order valence-corrected chi connectivity index (χ4v) is 5.65.